The highest BCUT2D eigenvalue weighted by atomic mass is 16.5. The number of likely N-dealkylation sites (tertiary alicyclic amines) is 1. The Hall–Kier alpha value is -1.10. The SMILES string of the molecule is COCCOc1ccc(CN2CCC(O)CC2)cc1. The van der Waals surface area contributed by atoms with Crippen LogP contribution in [0.15, 0.2) is 24.3 Å². The normalized spacial score (nSPS) is 17.6. The highest BCUT2D eigenvalue weighted by Crippen LogP contribution is 2.16. The monoisotopic (exact) mass is 265 g/mol. The van der Waals surface area contributed by atoms with Crippen molar-refractivity contribution in [3.05, 3.63) is 29.8 Å². The van der Waals surface area contributed by atoms with Crippen LogP contribution in [0.3, 0.4) is 0 Å². The summed E-state index contributed by atoms with van der Waals surface area (Å²) in [5.74, 6) is 0.884. The zero-order valence-corrected chi connectivity index (χ0v) is 11.5. The third-order valence-corrected chi connectivity index (χ3v) is 3.44. The molecule has 1 aliphatic heterocycles. The first-order valence-electron chi connectivity index (χ1n) is 6.89. The van der Waals surface area contributed by atoms with Gasteiger partial charge in [-0.1, -0.05) is 12.1 Å². The van der Waals surface area contributed by atoms with Gasteiger partial charge in [0.05, 0.1) is 12.7 Å². The number of aliphatic hydroxyl groups excluding tert-OH is 1. The van der Waals surface area contributed by atoms with E-state index in [1.807, 2.05) is 12.1 Å². The standard InChI is InChI=1S/C15H23NO3/c1-18-10-11-19-15-4-2-13(3-5-15)12-16-8-6-14(17)7-9-16/h2-5,14,17H,6-12H2,1H3. The first-order chi connectivity index (χ1) is 9.28. The van der Waals surface area contributed by atoms with Crippen LogP contribution < -0.4 is 4.74 Å². The van der Waals surface area contributed by atoms with Gasteiger partial charge in [0.25, 0.3) is 0 Å². The highest BCUT2D eigenvalue weighted by molar-refractivity contribution is 5.27. The number of nitrogens with zero attached hydrogens (tertiary/aromatic N) is 1. The summed E-state index contributed by atoms with van der Waals surface area (Å²) >= 11 is 0. The van der Waals surface area contributed by atoms with Crippen molar-refractivity contribution in [1.82, 2.24) is 4.90 Å². The van der Waals surface area contributed by atoms with Gasteiger partial charge in [0.2, 0.25) is 0 Å². The van der Waals surface area contributed by atoms with Crippen LogP contribution in [0.4, 0.5) is 0 Å². The van der Waals surface area contributed by atoms with E-state index in [0.29, 0.717) is 13.2 Å². The largest absolute Gasteiger partial charge is 0.491 e. The molecule has 1 aromatic carbocycles. The molecule has 0 saturated carbocycles. The van der Waals surface area contributed by atoms with E-state index in [4.69, 9.17) is 9.47 Å². The van der Waals surface area contributed by atoms with Gasteiger partial charge >= 0.3 is 0 Å². The average molecular weight is 265 g/mol. The summed E-state index contributed by atoms with van der Waals surface area (Å²) in [4.78, 5) is 2.38. The second-order valence-corrected chi connectivity index (χ2v) is 4.99. The fourth-order valence-electron chi connectivity index (χ4n) is 2.27. The fraction of sp³-hybridized carbons (Fsp3) is 0.600. The first kappa shape index (κ1) is 14.3. The number of rotatable bonds is 6. The summed E-state index contributed by atoms with van der Waals surface area (Å²) in [6.45, 7) is 4.10. The molecule has 2 rings (SSSR count). The maximum atomic E-state index is 9.48. The van der Waals surface area contributed by atoms with Crippen molar-refractivity contribution >= 4 is 0 Å². The molecule has 0 radical (unpaired) electrons. The van der Waals surface area contributed by atoms with Crippen LogP contribution in [-0.4, -0.2) is 49.5 Å². The van der Waals surface area contributed by atoms with Crippen molar-refractivity contribution in [3.63, 3.8) is 0 Å². The van der Waals surface area contributed by atoms with Gasteiger partial charge in [0, 0.05) is 26.7 Å². The Morgan fingerprint density at radius 3 is 2.47 bits per heavy atom. The summed E-state index contributed by atoms with van der Waals surface area (Å²) in [6.07, 6.45) is 1.67. The number of hydrogen-bond acceptors (Lipinski definition) is 4. The number of methoxy groups -OCH3 is 1. The molecule has 1 aliphatic rings. The molecule has 0 bridgehead atoms. The molecule has 106 valence electrons. The van der Waals surface area contributed by atoms with Crippen molar-refractivity contribution in [3.8, 4) is 5.75 Å². The van der Waals surface area contributed by atoms with Gasteiger partial charge in [-0.05, 0) is 30.5 Å². The molecule has 1 heterocycles. The van der Waals surface area contributed by atoms with Crippen molar-refractivity contribution < 1.29 is 14.6 Å². The van der Waals surface area contributed by atoms with Gasteiger partial charge in [0.15, 0.2) is 0 Å². The molecule has 0 unspecified atom stereocenters. The molecule has 0 amide bonds. The van der Waals surface area contributed by atoms with Gasteiger partial charge in [0.1, 0.15) is 12.4 Å². The molecule has 19 heavy (non-hydrogen) atoms. The Labute approximate surface area is 114 Å². The summed E-state index contributed by atoms with van der Waals surface area (Å²) in [6, 6.07) is 8.22. The van der Waals surface area contributed by atoms with Crippen LogP contribution >= 0.6 is 0 Å². The van der Waals surface area contributed by atoms with Crippen LogP contribution in [-0.2, 0) is 11.3 Å². The number of benzene rings is 1. The second-order valence-electron chi connectivity index (χ2n) is 4.99. The minimum Gasteiger partial charge on any atom is -0.491 e. The number of ether oxygens (including phenoxy) is 2. The molecule has 1 saturated heterocycles. The summed E-state index contributed by atoms with van der Waals surface area (Å²) in [7, 11) is 1.67. The van der Waals surface area contributed by atoms with Crippen molar-refractivity contribution in [1.29, 1.82) is 0 Å². The molecule has 4 heteroatoms. The van der Waals surface area contributed by atoms with Gasteiger partial charge < -0.3 is 14.6 Å². The lowest BCUT2D eigenvalue weighted by atomic mass is 10.1. The van der Waals surface area contributed by atoms with Gasteiger partial charge in [-0.2, -0.15) is 0 Å². The molecule has 0 aromatic heterocycles. The number of hydrogen-bond donors (Lipinski definition) is 1. The van der Waals surface area contributed by atoms with E-state index in [-0.39, 0.29) is 6.10 Å². The Kier molecular flexibility index (Phi) is 5.63. The van der Waals surface area contributed by atoms with Gasteiger partial charge in [-0.25, -0.2) is 0 Å². The Balaban J connectivity index is 1.78. The average Bonchev–Trinajstić information content (AvgIpc) is 2.44. The summed E-state index contributed by atoms with van der Waals surface area (Å²) in [5.41, 5.74) is 1.29. The predicted molar refractivity (Wildman–Crippen MR) is 74.3 cm³/mol. The number of piperidine rings is 1. The summed E-state index contributed by atoms with van der Waals surface area (Å²) in [5, 5.41) is 9.48. The molecule has 4 nitrogen and oxygen atoms in total. The second kappa shape index (κ2) is 7.48. The van der Waals surface area contributed by atoms with Crippen molar-refractivity contribution in [2.45, 2.75) is 25.5 Å². The smallest absolute Gasteiger partial charge is 0.119 e. The third-order valence-electron chi connectivity index (χ3n) is 3.44. The topological polar surface area (TPSA) is 41.9 Å². The maximum Gasteiger partial charge on any atom is 0.119 e. The van der Waals surface area contributed by atoms with E-state index in [9.17, 15) is 5.11 Å². The minimum atomic E-state index is -0.104. The lowest BCUT2D eigenvalue weighted by Gasteiger charge is -2.29. The van der Waals surface area contributed by atoms with Gasteiger partial charge in [-0.15, -0.1) is 0 Å². The fourth-order valence-corrected chi connectivity index (χ4v) is 2.27. The van der Waals surface area contributed by atoms with E-state index in [2.05, 4.69) is 17.0 Å². The van der Waals surface area contributed by atoms with E-state index in [0.717, 1.165) is 38.2 Å². The molecule has 1 N–H and O–H groups in total. The lowest BCUT2D eigenvalue weighted by molar-refractivity contribution is 0.0792. The van der Waals surface area contributed by atoms with Crippen LogP contribution in [0.25, 0.3) is 0 Å². The molecule has 0 spiro atoms. The minimum absolute atomic E-state index is 0.104. The van der Waals surface area contributed by atoms with Crippen LogP contribution in [0.5, 0.6) is 5.75 Å². The predicted octanol–water partition coefficient (Wildman–Crippen LogP) is 1.67. The zero-order chi connectivity index (χ0) is 13.5. The quantitative estimate of drug-likeness (QED) is 0.795. The Bertz CT molecular complexity index is 358. The van der Waals surface area contributed by atoms with E-state index >= 15 is 0 Å². The zero-order valence-electron chi connectivity index (χ0n) is 11.5. The molecule has 1 aromatic rings. The molecule has 0 aliphatic carbocycles. The van der Waals surface area contributed by atoms with E-state index in [1.165, 1.54) is 5.56 Å². The Morgan fingerprint density at radius 1 is 1.16 bits per heavy atom. The first-order valence-corrected chi connectivity index (χ1v) is 6.89. The van der Waals surface area contributed by atoms with Crippen LogP contribution in [0, 0.1) is 0 Å². The molecule has 1 fully saturated rings. The van der Waals surface area contributed by atoms with E-state index < -0.39 is 0 Å². The molecule has 0 atom stereocenters. The van der Waals surface area contributed by atoms with Gasteiger partial charge in [-0.3, -0.25) is 4.90 Å². The Morgan fingerprint density at radius 2 is 1.84 bits per heavy atom. The van der Waals surface area contributed by atoms with Crippen molar-refractivity contribution in [2.24, 2.45) is 0 Å². The third kappa shape index (κ3) is 4.82. The maximum absolute atomic E-state index is 9.48. The van der Waals surface area contributed by atoms with E-state index in [1.54, 1.807) is 7.11 Å². The van der Waals surface area contributed by atoms with Crippen LogP contribution in [0.2, 0.25) is 0 Å². The lowest BCUT2D eigenvalue weighted by Crippen LogP contribution is -2.35. The van der Waals surface area contributed by atoms with Crippen molar-refractivity contribution in [2.75, 3.05) is 33.4 Å². The highest BCUT2D eigenvalue weighted by Gasteiger charge is 2.16. The number of aliphatic hydroxyl groups is 1. The summed E-state index contributed by atoms with van der Waals surface area (Å²) < 4.78 is 10.5. The van der Waals surface area contributed by atoms with Crippen LogP contribution in [0.1, 0.15) is 18.4 Å². The molecular formula is C15H23NO3. The molecular weight excluding hydrogens is 242 g/mol.